The Bertz CT molecular complexity index is 850. The first-order valence-electron chi connectivity index (χ1n) is 8.67. The smallest absolute Gasteiger partial charge is 0.338 e. The van der Waals surface area contributed by atoms with Gasteiger partial charge in [0.15, 0.2) is 5.60 Å². The van der Waals surface area contributed by atoms with Crippen LogP contribution in [0, 0.1) is 0 Å². The van der Waals surface area contributed by atoms with Gasteiger partial charge in [-0.05, 0) is 30.3 Å². The topological polar surface area (TPSA) is 113 Å². The van der Waals surface area contributed by atoms with Gasteiger partial charge >= 0.3 is 11.9 Å². The van der Waals surface area contributed by atoms with Crippen molar-refractivity contribution in [2.45, 2.75) is 23.9 Å². The van der Waals surface area contributed by atoms with Gasteiger partial charge in [-0.1, -0.05) is 42.5 Å². The lowest BCUT2D eigenvalue weighted by atomic mass is 9.83. The molecular formula is C21H20O7. The largest absolute Gasteiger partial charge is 0.459 e. The molecular weight excluding hydrogens is 364 g/mol. The zero-order valence-electron chi connectivity index (χ0n) is 14.8. The maximum Gasteiger partial charge on any atom is 0.338 e. The van der Waals surface area contributed by atoms with E-state index in [1.165, 1.54) is 24.3 Å². The number of benzene rings is 2. The summed E-state index contributed by atoms with van der Waals surface area (Å²) in [5.41, 5.74) is -1.71. The zero-order chi connectivity index (χ0) is 20.1. The van der Waals surface area contributed by atoms with Crippen molar-refractivity contribution >= 4 is 11.9 Å². The highest BCUT2D eigenvalue weighted by Crippen LogP contribution is 2.28. The highest BCUT2D eigenvalue weighted by molar-refractivity contribution is 5.90. The minimum absolute atomic E-state index is 0.258. The van der Waals surface area contributed by atoms with Crippen LogP contribution in [0.4, 0.5) is 0 Å². The van der Waals surface area contributed by atoms with Crippen LogP contribution in [0.1, 0.15) is 20.7 Å². The number of hydrogen-bond donors (Lipinski definition) is 3. The summed E-state index contributed by atoms with van der Waals surface area (Å²) in [6.45, 7) is -0.688. The first kappa shape index (κ1) is 19.8. The van der Waals surface area contributed by atoms with Crippen LogP contribution in [-0.4, -0.2) is 57.8 Å². The molecule has 3 rings (SSSR count). The molecule has 0 amide bonds. The predicted molar refractivity (Wildman–Crippen MR) is 98.5 cm³/mol. The van der Waals surface area contributed by atoms with Gasteiger partial charge in [-0.15, -0.1) is 0 Å². The van der Waals surface area contributed by atoms with Crippen molar-refractivity contribution in [3.05, 3.63) is 83.9 Å². The quantitative estimate of drug-likeness (QED) is 0.522. The van der Waals surface area contributed by atoms with E-state index in [2.05, 4.69) is 0 Å². The standard InChI is InChI=1S/C21H20O7/c22-17-12-11-16(28-20(25)15-9-5-2-6-10-15)18(23)21(17,26)13-27-19(24)14-7-3-1-4-8-14/h1-12,16-18,22-23,26H,13H2/t16-,17-,18-,21+/m1/s1. The molecule has 0 aliphatic heterocycles. The molecule has 0 saturated heterocycles. The Balaban J connectivity index is 1.69. The van der Waals surface area contributed by atoms with Crippen LogP contribution in [0.2, 0.25) is 0 Å². The highest BCUT2D eigenvalue weighted by Gasteiger charge is 2.50. The van der Waals surface area contributed by atoms with Gasteiger partial charge in [-0.25, -0.2) is 9.59 Å². The SMILES string of the molecule is O=C(OC[C@]1(O)[C@H](O)C=C[C@@H](OC(=O)c2ccccc2)[C@H]1O)c1ccccc1. The van der Waals surface area contributed by atoms with Crippen molar-refractivity contribution in [2.24, 2.45) is 0 Å². The molecule has 1 aliphatic rings. The van der Waals surface area contributed by atoms with Gasteiger partial charge in [0.25, 0.3) is 0 Å². The molecule has 0 bridgehead atoms. The first-order valence-corrected chi connectivity index (χ1v) is 8.67. The van der Waals surface area contributed by atoms with E-state index in [4.69, 9.17) is 9.47 Å². The molecule has 146 valence electrons. The van der Waals surface area contributed by atoms with Crippen molar-refractivity contribution < 1.29 is 34.4 Å². The van der Waals surface area contributed by atoms with Crippen LogP contribution in [0.25, 0.3) is 0 Å². The second kappa shape index (κ2) is 8.35. The van der Waals surface area contributed by atoms with Crippen molar-refractivity contribution in [1.29, 1.82) is 0 Å². The maximum atomic E-state index is 12.2. The number of ether oxygens (including phenoxy) is 2. The minimum atomic E-state index is -2.24. The molecule has 0 heterocycles. The molecule has 3 N–H and O–H groups in total. The molecule has 2 aromatic rings. The number of hydrogen-bond acceptors (Lipinski definition) is 7. The lowest BCUT2D eigenvalue weighted by Crippen LogP contribution is -2.61. The van der Waals surface area contributed by atoms with Gasteiger partial charge in [0.2, 0.25) is 0 Å². The van der Waals surface area contributed by atoms with Gasteiger partial charge < -0.3 is 24.8 Å². The summed E-state index contributed by atoms with van der Waals surface area (Å²) in [6.07, 6.45) is -1.98. The third-order valence-electron chi connectivity index (χ3n) is 4.52. The second-order valence-electron chi connectivity index (χ2n) is 6.44. The zero-order valence-corrected chi connectivity index (χ0v) is 14.8. The van der Waals surface area contributed by atoms with Crippen molar-refractivity contribution in [1.82, 2.24) is 0 Å². The van der Waals surface area contributed by atoms with Crippen LogP contribution in [0.15, 0.2) is 72.8 Å². The van der Waals surface area contributed by atoms with E-state index in [-0.39, 0.29) is 11.1 Å². The molecule has 0 unspecified atom stereocenters. The van der Waals surface area contributed by atoms with E-state index in [0.717, 1.165) is 0 Å². The molecule has 0 saturated carbocycles. The Morgan fingerprint density at radius 1 is 0.857 bits per heavy atom. The maximum absolute atomic E-state index is 12.2. The third kappa shape index (κ3) is 4.12. The summed E-state index contributed by atoms with van der Waals surface area (Å²) < 4.78 is 10.3. The molecule has 0 spiro atoms. The van der Waals surface area contributed by atoms with Crippen LogP contribution >= 0.6 is 0 Å². The number of esters is 2. The molecule has 7 heteroatoms. The summed E-state index contributed by atoms with van der Waals surface area (Å²) in [6, 6.07) is 16.2. The van der Waals surface area contributed by atoms with E-state index >= 15 is 0 Å². The lowest BCUT2D eigenvalue weighted by molar-refractivity contribution is -0.183. The summed E-state index contributed by atoms with van der Waals surface area (Å²) in [5.74, 6) is -1.42. The molecule has 0 aromatic heterocycles. The van der Waals surface area contributed by atoms with Crippen LogP contribution < -0.4 is 0 Å². The summed E-state index contributed by atoms with van der Waals surface area (Å²) in [7, 11) is 0. The number of aliphatic hydroxyl groups excluding tert-OH is 2. The van der Waals surface area contributed by atoms with Gasteiger partial charge in [0.1, 0.15) is 24.9 Å². The highest BCUT2D eigenvalue weighted by atomic mass is 16.6. The average Bonchev–Trinajstić information content (AvgIpc) is 2.74. The molecule has 28 heavy (non-hydrogen) atoms. The van der Waals surface area contributed by atoms with E-state index in [0.29, 0.717) is 0 Å². The number of aliphatic hydroxyl groups is 3. The van der Waals surface area contributed by atoms with Gasteiger partial charge in [0, 0.05) is 0 Å². The Kier molecular flexibility index (Phi) is 5.89. The van der Waals surface area contributed by atoms with Gasteiger partial charge in [-0.3, -0.25) is 0 Å². The average molecular weight is 384 g/mol. The first-order chi connectivity index (χ1) is 13.4. The fourth-order valence-corrected chi connectivity index (χ4v) is 2.83. The fraction of sp³-hybridized carbons (Fsp3) is 0.238. The summed E-state index contributed by atoms with van der Waals surface area (Å²) in [4.78, 5) is 24.3. The number of rotatable bonds is 5. The molecule has 4 atom stereocenters. The Morgan fingerprint density at radius 2 is 1.39 bits per heavy atom. The van der Waals surface area contributed by atoms with Gasteiger partial charge in [0.05, 0.1) is 11.1 Å². The third-order valence-corrected chi connectivity index (χ3v) is 4.52. The fourth-order valence-electron chi connectivity index (χ4n) is 2.83. The number of carbonyl (C=O) groups is 2. The van der Waals surface area contributed by atoms with Crippen LogP contribution in [-0.2, 0) is 9.47 Å². The van der Waals surface area contributed by atoms with Crippen LogP contribution in [0.3, 0.4) is 0 Å². The molecule has 1 aliphatic carbocycles. The molecule has 7 nitrogen and oxygen atoms in total. The van der Waals surface area contributed by atoms with Crippen molar-refractivity contribution in [2.75, 3.05) is 6.61 Å². The van der Waals surface area contributed by atoms with Crippen LogP contribution in [0.5, 0.6) is 0 Å². The Morgan fingerprint density at radius 3 is 1.96 bits per heavy atom. The summed E-state index contributed by atoms with van der Waals surface area (Å²) >= 11 is 0. The second-order valence-corrected chi connectivity index (χ2v) is 6.44. The Labute approximate surface area is 161 Å². The normalized spacial score (nSPS) is 26.5. The molecule has 0 fully saturated rings. The van der Waals surface area contributed by atoms with E-state index in [9.17, 15) is 24.9 Å². The number of carbonyl (C=O) groups excluding carboxylic acids is 2. The minimum Gasteiger partial charge on any atom is -0.459 e. The predicted octanol–water partition coefficient (Wildman–Crippen LogP) is 1.09. The summed E-state index contributed by atoms with van der Waals surface area (Å²) in [5, 5.41) is 31.4. The molecule has 0 radical (unpaired) electrons. The van der Waals surface area contributed by atoms with E-state index < -0.39 is 42.5 Å². The molecule has 2 aromatic carbocycles. The van der Waals surface area contributed by atoms with Crippen molar-refractivity contribution in [3.63, 3.8) is 0 Å². The van der Waals surface area contributed by atoms with Crippen molar-refractivity contribution in [3.8, 4) is 0 Å². The monoisotopic (exact) mass is 384 g/mol. The van der Waals surface area contributed by atoms with Gasteiger partial charge in [-0.2, -0.15) is 0 Å². The Hall–Kier alpha value is -3.00. The van der Waals surface area contributed by atoms with E-state index in [1.807, 2.05) is 0 Å². The van der Waals surface area contributed by atoms with E-state index in [1.54, 1.807) is 48.5 Å². The lowest BCUT2D eigenvalue weighted by Gasteiger charge is -2.40.